The molecule has 8 heteroatoms. The number of nitrogens with zero attached hydrogens (tertiary/aromatic N) is 1. The van der Waals surface area contributed by atoms with Gasteiger partial charge in [-0.2, -0.15) is 18.2 Å². The molecule has 1 N–H and O–H groups in total. The van der Waals surface area contributed by atoms with E-state index in [0.717, 1.165) is 12.5 Å². The number of unbranched alkanes of at least 4 members (excludes halogenated alkanes) is 1. The summed E-state index contributed by atoms with van der Waals surface area (Å²) in [6, 6.07) is 1.11. The number of aromatic nitrogens is 2. The Balaban J connectivity index is 2.73. The van der Waals surface area contributed by atoms with E-state index in [1.807, 2.05) is 6.92 Å². The zero-order chi connectivity index (χ0) is 14.9. The molecule has 108 valence electrons. The van der Waals surface area contributed by atoms with Crippen molar-refractivity contribution in [1.82, 2.24) is 9.97 Å². The fourth-order valence-corrected chi connectivity index (χ4v) is 1.85. The highest BCUT2D eigenvalue weighted by atomic mass is 19.4. The highest BCUT2D eigenvalue weighted by molar-refractivity contribution is 5.75. The quantitative estimate of drug-likeness (QED) is 0.939. The van der Waals surface area contributed by atoms with Gasteiger partial charge in [-0.15, -0.1) is 0 Å². The van der Waals surface area contributed by atoms with Crippen LogP contribution in [0.15, 0.2) is 20.1 Å². The summed E-state index contributed by atoms with van der Waals surface area (Å²) < 4.78 is 42.3. The van der Waals surface area contributed by atoms with E-state index in [1.165, 1.54) is 0 Å². The van der Waals surface area contributed by atoms with Crippen LogP contribution in [0.25, 0.3) is 11.1 Å². The van der Waals surface area contributed by atoms with E-state index in [1.54, 1.807) is 4.98 Å². The maximum atomic E-state index is 12.5. The zero-order valence-corrected chi connectivity index (χ0v) is 10.5. The molecule has 2 heterocycles. The van der Waals surface area contributed by atoms with Crippen LogP contribution in [-0.4, -0.2) is 9.97 Å². The second-order valence-corrected chi connectivity index (χ2v) is 4.29. The molecule has 20 heavy (non-hydrogen) atoms. The minimum Gasteiger partial charge on any atom is -0.403 e. The Morgan fingerprint density at radius 1 is 1.35 bits per heavy atom. The van der Waals surface area contributed by atoms with Crippen LogP contribution in [0.4, 0.5) is 13.2 Å². The lowest BCUT2D eigenvalue weighted by Crippen LogP contribution is -2.21. The van der Waals surface area contributed by atoms with Crippen LogP contribution in [0, 0.1) is 0 Å². The molecular formula is C12H11F3N2O3. The van der Waals surface area contributed by atoms with Crippen LogP contribution in [0.2, 0.25) is 0 Å². The molecule has 0 saturated heterocycles. The lowest BCUT2D eigenvalue weighted by molar-refractivity contribution is -0.145. The first-order chi connectivity index (χ1) is 9.32. The van der Waals surface area contributed by atoms with Crippen molar-refractivity contribution < 1.29 is 17.6 Å². The van der Waals surface area contributed by atoms with Crippen molar-refractivity contribution in [2.24, 2.45) is 0 Å². The number of alkyl halides is 3. The van der Waals surface area contributed by atoms with E-state index < -0.39 is 28.9 Å². The Morgan fingerprint density at radius 2 is 2.05 bits per heavy atom. The molecule has 0 unspecified atom stereocenters. The van der Waals surface area contributed by atoms with Gasteiger partial charge in [-0.3, -0.25) is 4.79 Å². The molecular weight excluding hydrogens is 277 g/mol. The summed E-state index contributed by atoms with van der Waals surface area (Å²) in [6.45, 7) is 1.91. The van der Waals surface area contributed by atoms with Gasteiger partial charge in [0, 0.05) is 6.07 Å². The number of hydrogen-bond acceptors (Lipinski definition) is 4. The number of H-pyrrole nitrogens is 1. The van der Waals surface area contributed by atoms with Gasteiger partial charge in [0.05, 0.1) is 0 Å². The van der Waals surface area contributed by atoms with Crippen molar-refractivity contribution in [2.75, 3.05) is 0 Å². The summed E-state index contributed by atoms with van der Waals surface area (Å²) in [4.78, 5) is 28.0. The van der Waals surface area contributed by atoms with Gasteiger partial charge in [0.1, 0.15) is 5.39 Å². The van der Waals surface area contributed by atoms with E-state index in [4.69, 9.17) is 0 Å². The minimum atomic E-state index is -4.81. The normalized spacial score (nSPS) is 12.0. The molecule has 0 atom stereocenters. The van der Waals surface area contributed by atoms with Crippen molar-refractivity contribution in [3.05, 3.63) is 38.2 Å². The SMILES string of the molecule is CCCCc1cc(=O)oc2nc(C(F)(F)F)[nH]c(=O)c12. The first-order valence-electron chi connectivity index (χ1n) is 5.97. The number of aromatic amines is 1. The molecule has 0 saturated carbocycles. The topological polar surface area (TPSA) is 76.0 Å². The summed E-state index contributed by atoms with van der Waals surface area (Å²) in [5.41, 5.74) is -2.02. The van der Waals surface area contributed by atoms with E-state index in [0.29, 0.717) is 18.4 Å². The standard InChI is InChI=1S/C12H11F3N2O3/c1-2-3-4-6-5-7(18)20-10-8(6)9(19)16-11(17-10)12(13,14)15/h5H,2-4H2,1H3,(H,16,17,19). The molecule has 0 aliphatic heterocycles. The minimum absolute atomic E-state index is 0.106. The van der Waals surface area contributed by atoms with Crippen LogP contribution in [0.3, 0.4) is 0 Å². The Kier molecular flexibility index (Phi) is 3.65. The Labute approximate surface area is 110 Å². The van der Waals surface area contributed by atoms with Gasteiger partial charge in [-0.1, -0.05) is 13.3 Å². The highest BCUT2D eigenvalue weighted by Crippen LogP contribution is 2.26. The molecule has 0 aromatic carbocycles. The third-order valence-corrected chi connectivity index (χ3v) is 2.76. The predicted molar refractivity (Wildman–Crippen MR) is 64.5 cm³/mol. The van der Waals surface area contributed by atoms with Crippen molar-refractivity contribution in [2.45, 2.75) is 32.4 Å². The largest absolute Gasteiger partial charge is 0.449 e. The van der Waals surface area contributed by atoms with Crippen molar-refractivity contribution in [1.29, 1.82) is 0 Å². The van der Waals surface area contributed by atoms with Crippen LogP contribution >= 0.6 is 0 Å². The molecule has 0 spiro atoms. The summed E-state index contributed by atoms with van der Waals surface area (Å²) >= 11 is 0. The maximum absolute atomic E-state index is 12.5. The predicted octanol–water partition coefficient (Wildman–Crippen LogP) is 2.24. The molecule has 2 aromatic rings. The average molecular weight is 288 g/mol. The molecule has 2 rings (SSSR count). The third kappa shape index (κ3) is 2.73. The summed E-state index contributed by atoms with van der Waals surface area (Å²) in [5.74, 6) is -1.48. The molecule has 0 bridgehead atoms. The van der Waals surface area contributed by atoms with E-state index >= 15 is 0 Å². The van der Waals surface area contributed by atoms with Crippen LogP contribution in [0.1, 0.15) is 31.2 Å². The first kappa shape index (κ1) is 14.3. The molecule has 5 nitrogen and oxygen atoms in total. The molecule has 0 fully saturated rings. The van der Waals surface area contributed by atoms with Crippen molar-refractivity contribution in [3.8, 4) is 0 Å². The van der Waals surface area contributed by atoms with Crippen LogP contribution in [0.5, 0.6) is 0 Å². The lowest BCUT2D eigenvalue weighted by Gasteiger charge is -2.07. The Bertz CT molecular complexity index is 746. The van der Waals surface area contributed by atoms with Crippen molar-refractivity contribution in [3.63, 3.8) is 0 Å². The summed E-state index contributed by atoms with van der Waals surface area (Å²) in [6.07, 6.45) is -2.91. The highest BCUT2D eigenvalue weighted by Gasteiger charge is 2.35. The zero-order valence-electron chi connectivity index (χ0n) is 10.5. The van der Waals surface area contributed by atoms with Gasteiger partial charge in [0.15, 0.2) is 0 Å². The number of fused-ring (bicyclic) bond motifs is 1. The first-order valence-corrected chi connectivity index (χ1v) is 5.97. The molecule has 0 radical (unpaired) electrons. The van der Waals surface area contributed by atoms with E-state index in [9.17, 15) is 22.8 Å². The van der Waals surface area contributed by atoms with Crippen molar-refractivity contribution >= 4 is 11.1 Å². The number of rotatable bonds is 3. The number of hydrogen-bond donors (Lipinski definition) is 1. The second-order valence-electron chi connectivity index (χ2n) is 4.29. The second kappa shape index (κ2) is 5.10. The molecule has 0 aliphatic rings. The summed E-state index contributed by atoms with van der Waals surface area (Å²) in [7, 11) is 0. The van der Waals surface area contributed by atoms with Crippen LogP contribution in [-0.2, 0) is 12.6 Å². The number of nitrogens with one attached hydrogen (secondary N) is 1. The Hall–Kier alpha value is -2.12. The third-order valence-electron chi connectivity index (χ3n) is 2.76. The lowest BCUT2D eigenvalue weighted by atomic mass is 10.1. The maximum Gasteiger partial charge on any atom is 0.449 e. The van der Waals surface area contributed by atoms with E-state index in [2.05, 4.69) is 9.40 Å². The molecule has 0 aliphatic carbocycles. The fraction of sp³-hybridized carbons (Fsp3) is 0.417. The van der Waals surface area contributed by atoms with Gasteiger partial charge < -0.3 is 9.40 Å². The number of aryl methyl sites for hydroxylation is 1. The van der Waals surface area contributed by atoms with Gasteiger partial charge in [-0.05, 0) is 18.4 Å². The van der Waals surface area contributed by atoms with Gasteiger partial charge >= 0.3 is 11.8 Å². The number of halogens is 3. The monoisotopic (exact) mass is 288 g/mol. The van der Waals surface area contributed by atoms with Crippen LogP contribution < -0.4 is 11.2 Å². The van der Waals surface area contributed by atoms with Gasteiger partial charge in [0.2, 0.25) is 11.5 Å². The van der Waals surface area contributed by atoms with Gasteiger partial charge in [-0.25, -0.2) is 4.79 Å². The molecule has 2 aromatic heterocycles. The summed E-state index contributed by atoms with van der Waals surface area (Å²) in [5, 5.41) is -0.106. The fourth-order valence-electron chi connectivity index (χ4n) is 1.85. The van der Waals surface area contributed by atoms with E-state index in [-0.39, 0.29) is 5.39 Å². The molecule has 0 amide bonds. The average Bonchev–Trinajstić information content (AvgIpc) is 2.33. The van der Waals surface area contributed by atoms with Gasteiger partial charge in [0.25, 0.3) is 5.56 Å². The smallest absolute Gasteiger partial charge is 0.403 e. The Morgan fingerprint density at radius 3 is 2.65 bits per heavy atom.